The lowest BCUT2D eigenvalue weighted by Crippen LogP contribution is -2.51. The van der Waals surface area contributed by atoms with Gasteiger partial charge in [0.05, 0.1) is 11.1 Å². The minimum Gasteiger partial charge on any atom is -0.455 e. The number of carbonyl (C=O) groups excluding carboxylic acids is 2. The van der Waals surface area contributed by atoms with Crippen LogP contribution < -0.4 is 4.90 Å². The molecule has 0 aromatic heterocycles. The van der Waals surface area contributed by atoms with E-state index in [1.54, 1.807) is 0 Å². The van der Waals surface area contributed by atoms with E-state index in [0.717, 1.165) is 36.3 Å². The van der Waals surface area contributed by atoms with Gasteiger partial charge in [0, 0.05) is 16.7 Å². The first kappa shape index (κ1) is 18.5. The number of esters is 1. The molecule has 4 aliphatic carbocycles. The second-order valence-electron chi connectivity index (χ2n) is 9.50. The van der Waals surface area contributed by atoms with Gasteiger partial charge in [-0.2, -0.15) is 0 Å². The van der Waals surface area contributed by atoms with Gasteiger partial charge < -0.3 is 9.64 Å². The maximum Gasteiger partial charge on any atom is 0.312 e. The Labute approximate surface area is 171 Å². The Bertz CT molecular complexity index is 757. The summed E-state index contributed by atoms with van der Waals surface area (Å²) < 4.78 is 5.69. The molecule has 5 heteroatoms. The fourth-order valence-corrected chi connectivity index (χ4v) is 7.58. The van der Waals surface area contributed by atoms with Gasteiger partial charge in [-0.1, -0.05) is 19.1 Å². The summed E-state index contributed by atoms with van der Waals surface area (Å²) in [7, 11) is 0. The lowest BCUT2D eigenvalue weighted by atomic mass is 9.49. The molecule has 28 heavy (non-hydrogen) atoms. The first-order chi connectivity index (χ1) is 13.5. The number of anilines is 1. The fourth-order valence-electron chi connectivity index (χ4n) is 6.46. The summed E-state index contributed by atoms with van der Waals surface area (Å²) in [5.41, 5.74) is 0.656. The van der Waals surface area contributed by atoms with E-state index in [1.165, 1.54) is 19.3 Å². The smallest absolute Gasteiger partial charge is 0.312 e. The molecule has 0 unspecified atom stereocenters. The SMILES string of the molecule is C[C@@H]1CCN(C(=O)COC(=O)C23CC4CC(CC(C4)C2)C3)c2ccccc2S1. The van der Waals surface area contributed by atoms with E-state index in [4.69, 9.17) is 4.74 Å². The zero-order chi connectivity index (χ0) is 19.3. The van der Waals surface area contributed by atoms with Gasteiger partial charge in [0.1, 0.15) is 0 Å². The summed E-state index contributed by atoms with van der Waals surface area (Å²) in [4.78, 5) is 29.0. The Hall–Kier alpha value is -1.49. The van der Waals surface area contributed by atoms with E-state index in [9.17, 15) is 9.59 Å². The highest BCUT2D eigenvalue weighted by atomic mass is 32.2. The van der Waals surface area contributed by atoms with Crippen molar-refractivity contribution in [1.82, 2.24) is 0 Å². The number of amides is 1. The molecule has 150 valence electrons. The number of rotatable bonds is 3. The van der Waals surface area contributed by atoms with Crippen LogP contribution in [0.1, 0.15) is 51.9 Å². The molecule has 5 aliphatic rings. The van der Waals surface area contributed by atoms with Crippen molar-refractivity contribution in [2.45, 2.75) is 62.0 Å². The van der Waals surface area contributed by atoms with Crippen molar-refractivity contribution in [1.29, 1.82) is 0 Å². The standard InChI is InChI=1S/C23H29NO3S/c1-15-6-7-24(19-4-2-3-5-20(19)28-15)21(25)14-27-22(26)23-11-16-8-17(12-23)10-18(9-16)13-23/h2-5,15-18H,6-14H2,1H3/t15-,16?,17?,18?,23?/m1/s1. The van der Waals surface area contributed by atoms with Crippen molar-refractivity contribution in [3.63, 3.8) is 0 Å². The van der Waals surface area contributed by atoms with E-state index in [-0.39, 0.29) is 23.9 Å². The van der Waals surface area contributed by atoms with Crippen molar-refractivity contribution >= 4 is 29.3 Å². The van der Waals surface area contributed by atoms with Gasteiger partial charge >= 0.3 is 5.97 Å². The molecule has 0 saturated heterocycles. The van der Waals surface area contributed by atoms with Crippen molar-refractivity contribution in [3.8, 4) is 0 Å². The molecule has 0 radical (unpaired) electrons. The Morgan fingerprint density at radius 1 is 1.11 bits per heavy atom. The highest BCUT2D eigenvalue weighted by molar-refractivity contribution is 8.00. The Kier molecular flexibility index (Phi) is 4.69. The quantitative estimate of drug-likeness (QED) is 0.694. The number of thioether (sulfide) groups is 1. The van der Waals surface area contributed by atoms with E-state index >= 15 is 0 Å². The number of hydrogen-bond acceptors (Lipinski definition) is 4. The van der Waals surface area contributed by atoms with Crippen LogP contribution in [0.15, 0.2) is 29.2 Å². The van der Waals surface area contributed by atoms with Crippen molar-refractivity contribution in [2.24, 2.45) is 23.2 Å². The third-order valence-electron chi connectivity index (χ3n) is 7.34. The van der Waals surface area contributed by atoms with E-state index in [2.05, 4.69) is 13.0 Å². The zero-order valence-electron chi connectivity index (χ0n) is 16.6. The average molecular weight is 400 g/mol. The predicted molar refractivity (Wildman–Crippen MR) is 110 cm³/mol. The molecule has 6 rings (SSSR count). The first-order valence-corrected chi connectivity index (χ1v) is 11.6. The number of para-hydroxylation sites is 1. The molecular formula is C23H29NO3S. The summed E-state index contributed by atoms with van der Waals surface area (Å²) in [5, 5.41) is 0.466. The first-order valence-electron chi connectivity index (χ1n) is 10.8. The fraction of sp³-hybridized carbons (Fsp3) is 0.652. The molecule has 1 aromatic rings. The zero-order valence-corrected chi connectivity index (χ0v) is 17.4. The second kappa shape index (κ2) is 7.08. The van der Waals surface area contributed by atoms with Crippen LogP contribution in [0, 0.1) is 23.2 Å². The number of fused-ring (bicyclic) bond motifs is 1. The number of carbonyl (C=O) groups is 2. The normalized spacial score (nSPS) is 36.0. The summed E-state index contributed by atoms with van der Waals surface area (Å²) in [6.07, 6.45) is 7.77. The summed E-state index contributed by atoms with van der Waals surface area (Å²) in [5.74, 6) is 1.90. The van der Waals surface area contributed by atoms with Crippen molar-refractivity contribution in [3.05, 3.63) is 24.3 Å². The molecule has 1 heterocycles. The molecule has 0 N–H and O–H groups in total. The van der Waals surface area contributed by atoms with E-state index in [1.807, 2.05) is 34.9 Å². The van der Waals surface area contributed by atoms with Gasteiger partial charge in [-0.15, -0.1) is 11.8 Å². The molecule has 1 aromatic carbocycles. The van der Waals surface area contributed by atoms with Gasteiger partial charge in [-0.3, -0.25) is 9.59 Å². The average Bonchev–Trinajstić information content (AvgIpc) is 2.83. The molecule has 4 saturated carbocycles. The number of benzene rings is 1. The monoisotopic (exact) mass is 399 g/mol. The van der Waals surface area contributed by atoms with Crippen LogP contribution in [-0.4, -0.2) is 30.3 Å². The van der Waals surface area contributed by atoms with E-state index < -0.39 is 0 Å². The molecule has 4 fully saturated rings. The molecule has 1 atom stereocenters. The molecule has 0 spiro atoms. The van der Waals surface area contributed by atoms with Crippen molar-refractivity contribution < 1.29 is 14.3 Å². The number of ether oxygens (including phenoxy) is 1. The van der Waals surface area contributed by atoms with Gasteiger partial charge in [-0.05, 0) is 74.8 Å². The second-order valence-corrected chi connectivity index (χ2v) is 11.0. The maximum absolute atomic E-state index is 13.1. The summed E-state index contributed by atoms with van der Waals surface area (Å²) in [6.45, 7) is 2.75. The number of hydrogen-bond donors (Lipinski definition) is 0. The molecule has 4 bridgehead atoms. The highest BCUT2D eigenvalue weighted by Gasteiger charge is 2.55. The van der Waals surface area contributed by atoms with Crippen LogP contribution in [-0.2, 0) is 14.3 Å². The Morgan fingerprint density at radius 2 is 1.75 bits per heavy atom. The van der Waals surface area contributed by atoms with Crippen LogP contribution in [0.5, 0.6) is 0 Å². The minimum atomic E-state index is -0.296. The minimum absolute atomic E-state index is 0.0970. The van der Waals surface area contributed by atoms with Crippen LogP contribution in [0.4, 0.5) is 5.69 Å². The third kappa shape index (κ3) is 3.26. The summed E-state index contributed by atoms with van der Waals surface area (Å²) in [6, 6.07) is 8.05. The lowest BCUT2D eigenvalue weighted by molar-refractivity contribution is -0.172. The molecule has 4 nitrogen and oxygen atoms in total. The van der Waals surface area contributed by atoms with Gasteiger partial charge in [0.25, 0.3) is 5.91 Å². The molecule has 1 amide bonds. The lowest BCUT2D eigenvalue weighted by Gasteiger charge is -2.55. The topological polar surface area (TPSA) is 46.6 Å². The van der Waals surface area contributed by atoms with Crippen LogP contribution in [0.25, 0.3) is 0 Å². The Balaban J connectivity index is 1.27. The van der Waals surface area contributed by atoms with Crippen LogP contribution in [0.2, 0.25) is 0 Å². The third-order valence-corrected chi connectivity index (χ3v) is 8.58. The van der Waals surface area contributed by atoms with Gasteiger partial charge in [0.2, 0.25) is 0 Å². The number of nitrogens with zero attached hydrogens (tertiary/aromatic N) is 1. The largest absolute Gasteiger partial charge is 0.455 e. The summed E-state index contributed by atoms with van der Waals surface area (Å²) >= 11 is 1.82. The van der Waals surface area contributed by atoms with Crippen LogP contribution >= 0.6 is 11.8 Å². The Morgan fingerprint density at radius 3 is 2.43 bits per heavy atom. The molecular weight excluding hydrogens is 370 g/mol. The molecule has 1 aliphatic heterocycles. The predicted octanol–water partition coefficient (Wildman–Crippen LogP) is 4.66. The van der Waals surface area contributed by atoms with E-state index in [0.29, 0.717) is 29.5 Å². The maximum atomic E-state index is 13.1. The van der Waals surface area contributed by atoms with Crippen LogP contribution in [0.3, 0.4) is 0 Å². The van der Waals surface area contributed by atoms with Gasteiger partial charge in [0.15, 0.2) is 6.61 Å². The van der Waals surface area contributed by atoms with Crippen molar-refractivity contribution in [2.75, 3.05) is 18.1 Å². The van der Waals surface area contributed by atoms with Gasteiger partial charge in [-0.25, -0.2) is 0 Å². The highest BCUT2D eigenvalue weighted by Crippen LogP contribution is 2.60.